The minimum absolute atomic E-state index is 0.0347. The summed E-state index contributed by atoms with van der Waals surface area (Å²) in [5.41, 5.74) is 0. The van der Waals surface area contributed by atoms with Gasteiger partial charge in [0, 0.05) is 12.8 Å². The molecule has 0 bridgehead atoms. The molecule has 0 aliphatic heterocycles. The molecule has 0 aromatic heterocycles. The maximum Gasteiger partial charge on any atom is 0.306 e. The summed E-state index contributed by atoms with van der Waals surface area (Å²) in [6.07, 6.45) is 82.0. The van der Waals surface area contributed by atoms with Crippen LogP contribution in [-0.2, 0) is 27.9 Å². The zero-order chi connectivity index (χ0) is 59.3. The van der Waals surface area contributed by atoms with Gasteiger partial charge in [0.1, 0.15) is 19.3 Å². The Morgan fingerprint density at radius 1 is 0.444 bits per heavy atom. The average molecular weight is 1150 g/mol. The highest BCUT2D eigenvalue weighted by Crippen LogP contribution is 2.38. The van der Waals surface area contributed by atoms with Gasteiger partial charge in [-0.1, -0.05) is 259 Å². The normalized spacial score (nSPS) is 14.3. The number of phosphoric ester groups is 1. The molecule has 0 aromatic rings. The van der Waals surface area contributed by atoms with E-state index in [0.29, 0.717) is 17.4 Å². The van der Waals surface area contributed by atoms with Gasteiger partial charge in [0.05, 0.1) is 33.8 Å². The first-order chi connectivity index (χ1) is 39.4. The number of quaternary nitrogens is 1. The summed E-state index contributed by atoms with van der Waals surface area (Å²) < 4.78 is 30.4. The summed E-state index contributed by atoms with van der Waals surface area (Å²) in [4.78, 5) is 40.1. The lowest BCUT2D eigenvalue weighted by atomic mass is 10.0. The predicted octanol–water partition coefficient (Wildman–Crippen LogP) is 20.3. The molecule has 0 radical (unpaired) electrons. The van der Waals surface area contributed by atoms with Crippen molar-refractivity contribution in [2.24, 2.45) is 0 Å². The van der Waals surface area contributed by atoms with Crippen molar-refractivity contribution in [1.82, 2.24) is 5.32 Å². The SMILES string of the molecule is CC/C=C\C/C=C\C/C=C\C/C=C\C/C=C\CCCCCC(=O)NC(COP(=O)([O-])OCC[N+](C)(C)C)C(/C=C/CCCCCCCCCCCCC)OC(=O)CCCCCCCCCCCC/C=C\C/C=C\C/C=C\CCCCC. The van der Waals surface area contributed by atoms with E-state index in [1.807, 2.05) is 33.3 Å². The molecule has 0 saturated heterocycles. The molecular weight excluding hydrogens is 1020 g/mol. The summed E-state index contributed by atoms with van der Waals surface area (Å²) in [7, 11) is 1.15. The molecule has 1 N–H and O–H groups in total. The molecule has 0 rings (SSSR count). The maximum atomic E-state index is 13.6. The topological polar surface area (TPSA) is 114 Å². The van der Waals surface area contributed by atoms with Gasteiger partial charge in [0.25, 0.3) is 7.82 Å². The van der Waals surface area contributed by atoms with Gasteiger partial charge in [-0.15, -0.1) is 0 Å². The van der Waals surface area contributed by atoms with Crippen molar-refractivity contribution in [3.05, 3.63) is 109 Å². The Morgan fingerprint density at radius 2 is 0.790 bits per heavy atom. The van der Waals surface area contributed by atoms with E-state index in [1.165, 1.54) is 122 Å². The van der Waals surface area contributed by atoms with Crippen LogP contribution in [0.25, 0.3) is 0 Å². The van der Waals surface area contributed by atoms with E-state index in [9.17, 15) is 19.0 Å². The Morgan fingerprint density at radius 3 is 1.22 bits per heavy atom. The van der Waals surface area contributed by atoms with Crippen molar-refractivity contribution in [3.63, 3.8) is 0 Å². The van der Waals surface area contributed by atoms with Crippen LogP contribution >= 0.6 is 7.82 Å². The third kappa shape index (κ3) is 61.1. The van der Waals surface area contributed by atoms with E-state index in [2.05, 4.69) is 123 Å². The number of nitrogens with one attached hydrogen (secondary N) is 1. The molecule has 3 unspecified atom stereocenters. The van der Waals surface area contributed by atoms with E-state index in [1.54, 1.807) is 0 Å². The number of unbranched alkanes of at least 4 members (excludes halogenated alkanes) is 27. The third-order valence-corrected chi connectivity index (χ3v) is 15.2. The van der Waals surface area contributed by atoms with Crippen LogP contribution in [0.1, 0.15) is 278 Å². The quantitative estimate of drug-likeness (QED) is 0.0212. The Bertz CT molecular complexity index is 1750. The molecule has 0 aliphatic rings. The van der Waals surface area contributed by atoms with Crippen molar-refractivity contribution >= 4 is 19.7 Å². The van der Waals surface area contributed by atoms with Gasteiger partial charge in [0.15, 0.2) is 0 Å². The Kier molecular flexibility index (Phi) is 57.4. The monoisotopic (exact) mass is 1150 g/mol. The number of allylic oxidation sites excluding steroid dienone is 17. The lowest BCUT2D eigenvalue weighted by Crippen LogP contribution is -2.47. The number of nitrogens with zero attached hydrogens (tertiary/aromatic N) is 1. The first-order valence-corrected chi connectivity index (χ1v) is 34.7. The first kappa shape index (κ1) is 77.7. The number of hydrogen-bond acceptors (Lipinski definition) is 7. The Hall–Kier alpha value is -3.33. The molecule has 81 heavy (non-hydrogen) atoms. The molecule has 10 heteroatoms. The van der Waals surface area contributed by atoms with Gasteiger partial charge in [-0.05, 0) is 115 Å². The van der Waals surface area contributed by atoms with E-state index in [-0.39, 0.29) is 31.3 Å². The summed E-state index contributed by atoms with van der Waals surface area (Å²) in [5.74, 6) is -0.585. The summed E-state index contributed by atoms with van der Waals surface area (Å²) in [6, 6.07) is -0.915. The molecule has 0 saturated carbocycles. The Balaban J connectivity index is 5.27. The molecule has 1 amide bonds. The number of phosphoric acid groups is 1. The number of carbonyl (C=O) groups excluding carboxylic acids is 2. The molecule has 3 atom stereocenters. The molecule has 0 fully saturated rings. The zero-order valence-electron chi connectivity index (χ0n) is 53.2. The molecule has 9 nitrogen and oxygen atoms in total. The number of esters is 1. The van der Waals surface area contributed by atoms with E-state index >= 15 is 0 Å². The second-order valence-electron chi connectivity index (χ2n) is 23.2. The fourth-order valence-corrected chi connectivity index (χ4v) is 9.81. The smallest absolute Gasteiger partial charge is 0.306 e. The fraction of sp³-hybridized carbons (Fsp3) is 0.718. The molecule has 0 heterocycles. The van der Waals surface area contributed by atoms with Crippen LogP contribution in [0, 0.1) is 0 Å². The highest BCUT2D eigenvalue weighted by Gasteiger charge is 2.27. The van der Waals surface area contributed by atoms with Crippen LogP contribution in [0.4, 0.5) is 0 Å². The van der Waals surface area contributed by atoms with E-state index < -0.39 is 26.6 Å². The van der Waals surface area contributed by atoms with E-state index in [4.69, 9.17) is 13.8 Å². The minimum Gasteiger partial charge on any atom is -0.756 e. The van der Waals surface area contributed by atoms with Crippen molar-refractivity contribution < 1.29 is 37.3 Å². The van der Waals surface area contributed by atoms with Gasteiger partial charge in [-0.25, -0.2) is 0 Å². The maximum absolute atomic E-state index is 13.6. The van der Waals surface area contributed by atoms with Crippen molar-refractivity contribution in [1.29, 1.82) is 0 Å². The van der Waals surface area contributed by atoms with Gasteiger partial charge in [-0.2, -0.15) is 0 Å². The van der Waals surface area contributed by atoms with Gasteiger partial charge >= 0.3 is 5.97 Å². The number of amides is 1. The van der Waals surface area contributed by atoms with Crippen LogP contribution < -0.4 is 10.2 Å². The number of hydrogen-bond donors (Lipinski definition) is 1. The fourth-order valence-electron chi connectivity index (χ4n) is 9.08. The summed E-state index contributed by atoms with van der Waals surface area (Å²) in [5, 5.41) is 3.02. The van der Waals surface area contributed by atoms with Gasteiger partial charge < -0.3 is 28.5 Å². The zero-order valence-corrected chi connectivity index (χ0v) is 54.1. The van der Waals surface area contributed by atoms with E-state index in [0.717, 1.165) is 116 Å². The predicted molar refractivity (Wildman–Crippen MR) is 348 cm³/mol. The third-order valence-electron chi connectivity index (χ3n) is 14.2. The number of likely N-dealkylation sites (N-methyl/N-ethyl adjacent to an activating group) is 1. The molecule has 0 aliphatic carbocycles. The minimum atomic E-state index is -4.72. The van der Waals surface area contributed by atoms with Crippen LogP contribution in [0.5, 0.6) is 0 Å². The first-order valence-electron chi connectivity index (χ1n) is 33.2. The molecule has 0 spiro atoms. The van der Waals surface area contributed by atoms with Crippen LogP contribution in [-0.4, -0.2) is 69.4 Å². The largest absolute Gasteiger partial charge is 0.756 e. The highest BCUT2D eigenvalue weighted by atomic mass is 31.2. The van der Waals surface area contributed by atoms with Crippen molar-refractivity contribution in [3.8, 4) is 0 Å². The van der Waals surface area contributed by atoms with Crippen LogP contribution in [0.2, 0.25) is 0 Å². The molecule has 0 aromatic carbocycles. The molecule has 466 valence electrons. The number of ether oxygens (including phenoxy) is 1. The van der Waals surface area contributed by atoms with Crippen LogP contribution in [0.3, 0.4) is 0 Å². The second kappa shape index (κ2) is 59.8. The lowest BCUT2D eigenvalue weighted by Gasteiger charge is -2.30. The Labute approximate surface area is 500 Å². The molecular formula is C71H125N2O7P. The van der Waals surface area contributed by atoms with Crippen molar-refractivity contribution in [2.45, 2.75) is 290 Å². The lowest BCUT2D eigenvalue weighted by molar-refractivity contribution is -0.870. The average Bonchev–Trinajstić information content (AvgIpc) is 3.44. The second-order valence-corrected chi connectivity index (χ2v) is 24.6. The summed E-state index contributed by atoms with van der Waals surface area (Å²) >= 11 is 0. The number of carbonyl (C=O) groups is 2. The van der Waals surface area contributed by atoms with Crippen LogP contribution in [0.15, 0.2) is 109 Å². The van der Waals surface area contributed by atoms with Gasteiger partial charge in [0.2, 0.25) is 5.91 Å². The summed E-state index contributed by atoms with van der Waals surface area (Å²) in [6.45, 7) is 6.68. The number of rotatable bonds is 59. The highest BCUT2D eigenvalue weighted by molar-refractivity contribution is 7.45. The standard InChI is InChI=1S/C71H125N2O7P/c1-7-10-13-16-19-22-25-28-30-32-34-35-36-37-39-41-43-46-49-52-55-58-61-64-71(75)80-69(62-59-56-53-50-47-44-27-24-21-18-15-12-9-3)68(67-79-81(76,77)78-66-65-73(4,5)6)72-70(74)63-60-57-54-51-48-45-42-40-38-33-31-29-26-23-20-17-14-11-8-2/h11,14,19-20,22-23,28-31,34-35,38,40,45,48,59,62,68-69H,7-10,12-13,15-18,21,24-27,32-33,36-37,39,41-44,46-47,49-58,60-61,63-67H2,1-6H3,(H-,72,74,76,77)/b14-11-,22-19-,23-20-,30-28-,31-29-,35-34-,40-38-,48-45-,62-59+. The van der Waals surface area contributed by atoms with Gasteiger partial charge in [-0.3, -0.25) is 14.2 Å². The van der Waals surface area contributed by atoms with Crippen molar-refractivity contribution in [2.75, 3.05) is 40.9 Å².